The van der Waals surface area contributed by atoms with Gasteiger partial charge in [0.1, 0.15) is 17.4 Å². The van der Waals surface area contributed by atoms with Gasteiger partial charge in [-0.05, 0) is 47.1 Å². The van der Waals surface area contributed by atoms with Gasteiger partial charge in [0.05, 0.1) is 10.2 Å². The zero-order chi connectivity index (χ0) is 15.4. The number of carbonyl (C=O) groups excluding carboxylic acids is 1. The molecule has 1 nitrogen and oxygen atoms in total. The van der Waals surface area contributed by atoms with Gasteiger partial charge in [0.25, 0.3) is 0 Å². The SMILES string of the molecule is Cc1cccc(SCC(=O)Cc2c(F)ccc(Br)c2F)c1. The third-order valence-corrected chi connectivity index (χ3v) is 4.57. The van der Waals surface area contributed by atoms with Gasteiger partial charge in [0, 0.05) is 16.9 Å². The molecule has 110 valence electrons. The second-order valence-electron chi connectivity index (χ2n) is 4.64. The molecule has 0 saturated carbocycles. The Morgan fingerprint density at radius 1 is 1.24 bits per heavy atom. The van der Waals surface area contributed by atoms with E-state index in [1.54, 1.807) is 0 Å². The Labute approximate surface area is 134 Å². The highest BCUT2D eigenvalue weighted by molar-refractivity contribution is 9.10. The Morgan fingerprint density at radius 3 is 2.71 bits per heavy atom. The van der Waals surface area contributed by atoms with E-state index in [-0.39, 0.29) is 28.0 Å². The Balaban J connectivity index is 2.01. The molecule has 5 heteroatoms. The quantitative estimate of drug-likeness (QED) is 0.547. The lowest BCUT2D eigenvalue weighted by Crippen LogP contribution is -2.09. The molecule has 21 heavy (non-hydrogen) atoms. The van der Waals surface area contributed by atoms with Crippen LogP contribution in [0.1, 0.15) is 11.1 Å². The molecule has 0 aliphatic rings. The summed E-state index contributed by atoms with van der Waals surface area (Å²) >= 11 is 4.37. The molecule has 0 saturated heterocycles. The van der Waals surface area contributed by atoms with Crippen LogP contribution in [0.3, 0.4) is 0 Å². The molecule has 0 fully saturated rings. The average molecular weight is 371 g/mol. The fraction of sp³-hybridized carbons (Fsp3) is 0.188. The predicted molar refractivity (Wildman–Crippen MR) is 84.7 cm³/mol. The number of hydrogen-bond acceptors (Lipinski definition) is 2. The fourth-order valence-electron chi connectivity index (χ4n) is 1.85. The lowest BCUT2D eigenvalue weighted by atomic mass is 10.1. The maximum absolute atomic E-state index is 13.8. The topological polar surface area (TPSA) is 17.1 Å². The third-order valence-electron chi connectivity index (χ3n) is 2.90. The van der Waals surface area contributed by atoms with Gasteiger partial charge in [-0.1, -0.05) is 17.7 Å². The van der Waals surface area contributed by atoms with Crippen LogP contribution in [0.15, 0.2) is 45.8 Å². The van der Waals surface area contributed by atoms with Gasteiger partial charge >= 0.3 is 0 Å². The summed E-state index contributed by atoms with van der Waals surface area (Å²) in [5, 5.41) is 0. The average Bonchev–Trinajstić information content (AvgIpc) is 2.46. The van der Waals surface area contributed by atoms with E-state index in [1.807, 2.05) is 31.2 Å². The largest absolute Gasteiger partial charge is 0.298 e. The van der Waals surface area contributed by atoms with Crippen LogP contribution in [0.4, 0.5) is 8.78 Å². The van der Waals surface area contributed by atoms with Crippen molar-refractivity contribution in [3.05, 3.63) is 63.6 Å². The molecule has 0 spiro atoms. The van der Waals surface area contributed by atoms with Crippen LogP contribution in [0, 0.1) is 18.6 Å². The van der Waals surface area contributed by atoms with Crippen LogP contribution >= 0.6 is 27.7 Å². The number of benzene rings is 2. The normalized spacial score (nSPS) is 10.7. The highest BCUT2D eigenvalue weighted by atomic mass is 79.9. The number of Topliss-reactive ketones (excluding diaryl/α,β-unsaturated/α-hetero) is 1. The zero-order valence-electron chi connectivity index (χ0n) is 11.3. The van der Waals surface area contributed by atoms with Gasteiger partial charge in [-0.15, -0.1) is 11.8 Å². The van der Waals surface area contributed by atoms with Crippen LogP contribution in [0.5, 0.6) is 0 Å². The lowest BCUT2D eigenvalue weighted by Gasteiger charge is -2.06. The second-order valence-corrected chi connectivity index (χ2v) is 6.55. The standard InChI is InChI=1S/C16H13BrF2OS/c1-10-3-2-4-12(7-10)21-9-11(20)8-13-15(18)6-5-14(17)16(13)19/h2-7H,8-9H2,1H3. The molecule has 0 atom stereocenters. The van der Waals surface area contributed by atoms with Gasteiger partial charge in [-0.3, -0.25) is 4.79 Å². The minimum atomic E-state index is -0.705. The van der Waals surface area contributed by atoms with Crippen molar-refractivity contribution < 1.29 is 13.6 Å². The summed E-state index contributed by atoms with van der Waals surface area (Å²) < 4.78 is 27.5. The van der Waals surface area contributed by atoms with Crippen LogP contribution < -0.4 is 0 Å². The summed E-state index contributed by atoms with van der Waals surface area (Å²) in [5.74, 6) is -1.42. The van der Waals surface area contributed by atoms with E-state index in [1.165, 1.54) is 17.8 Å². The molecule has 0 radical (unpaired) electrons. The van der Waals surface area contributed by atoms with Crippen molar-refractivity contribution in [1.82, 2.24) is 0 Å². The van der Waals surface area contributed by atoms with Crippen LogP contribution in [-0.2, 0) is 11.2 Å². The minimum absolute atomic E-state index is 0.165. The van der Waals surface area contributed by atoms with Crippen molar-refractivity contribution in [3.63, 3.8) is 0 Å². The molecule has 0 aliphatic heterocycles. The first-order valence-corrected chi connectivity index (χ1v) is 8.09. The van der Waals surface area contributed by atoms with Crippen molar-refractivity contribution in [1.29, 1.82) is 0 Å². The van der Waals surface area contributed by atoms with E-state index in [0.717, 1.165) is 16.5 Å². The van der Waals surface area contributed by atoms with E-state index in [9.17, 15) is 13.6 Å². The van der Waals surface area contributed by atoms with E-state index in [0.29, 0.717) is 0 Å². The third kappa shape index (κ3) is 4.38. The molecule has 0 unspecified atom stereocenters. The molecule has 0 amide bonds. The summed E-state index contributed by atoms with van der Waals surface area (Å²) in [7, 11) is 0. The number of carbonyl (C=O) groups is 1. The summed E-state index contributed by atoms with van der Waals surface area (Å²) in [6.07, 6.45) is -0.240. The molecular weight excluding hydrogens is 358 g/mol. The summed E-state index contributed by atoms with van der Waals surface area (Å²) in [4.78, 5) is 12.9. The molecule has 2 aromatic rings. The molecule has 0 heterocycles. The Bertz CT molecular complexity index is 673. The van der Waals surface area contributed by atoms with Gasteiger partial charge in [0.2, 0.25) is 0 Å². The number of ketones is 1. The molecule has 0 aromatic heterocycles. The van der Waals surface area contributed by atoms with Crippen molar-refractivity contribution in [3.8, 4) is 0 Å². The minimum Gasteiger partial charge on any atom is -0.298 e. The van der Waals surface area contributed by atoms with E-state index >= 15 is 0 Å². The first kappa shape index (κ1) is 16.2. The van der Waals surface area contributed by atoms with E-state index in [4.69, 9.17) is 0 Å². The monoisotopic (exact) mass is 370 g/mol. The molecule has 0 N–H and O–H groups in total. The summed E-state index contributed by atoms with van der Waals surface area (Å²) in [6, 6.07) is 10.2. The highest BCUT2D eigenvalue weighted by Crippen LogP contribution is 2.24. The van der Waals surface area contributed by atoms with Crippen molar-refractivity contribution in [2.45, 2.75) is 18.2 Å². The van der Waals surface area contributed by atoms with Gasteiger partial charge < -0.3 is 0 Å². The first-order chi connectivity index (χ1) is 9.97. The maximum atomic E-state index is 13.8. The first-order valence-electron chi connectivity index (χ1n) is 6.31. The molecular formula is C16H13BrF2OS. The van der Waals surface area contributed by atoms with E-state index in [2.05, 4.69) is 15.9 Å². The number of thioether (sulfide) groups is 1. The van der Waals surface area contributed by atoms with Gasteiger partial charge in [0.15, 0.2) is 0 Å². The van der Waals surface area contributed by atoms with Crippen molar-refractivity contribution in [2.24, 2.45) is 0 Å². The van der Waals surface area contributed by atoms with Crippen LogP contribution in [0.25, 0.3) is 0 Å². The lowest BCUT2D eigenvalue weighted by molar-refractivity contribution is -0.116. The molecule has 2 aromatic carbocycles. The summed E-state index contributed by atoms with van der Waals surface area (Å²) in [5.41, 5.74) is 0.927. The molecule has 0 aliphatic carbocycles. The van der Waals surface area contributed by atoms with Crippen LogP contribution in [0.2, 0.25) is 0 Å². The maximum Gasteiger partial charge on any atom is 0.147 e. The van der Waals surface area contributed by atoms with Crippen molar-refractivity contribution in [2.75, 3.05) is 5.75 Å². The number of halogens is 3. The van der Waals surface area contributed by atoms with Crippen LogP contribution in [-0.4, -0.2) is 11.5 Å². The smallest absolute Gasteiger partial charge is 0.147 e. The number of aryl methyl sites for hydroxylation is 1. The highest BCUT2D eigenvalue weighted by Gasteiger charge is 2.16. The van der Waals surface area contributed by atoms with Crippen molar-refractivity contribution >= 4 is 33.5 Å². The Hall–Kier alpha value is -1.20. The van der Waals surface area contributed by atoms with Gasteiger partial charge in [-0.2, -0.15) is 0 Å². The Kier molecular flexibility index (Phi) is 5.53. The Morgan fingerprint density at radius 2 is 2.00 bits per heavy atom. The molecule has 2 rings (SSSR count). The summed E-state index contributed by atoms with van der Waals surface area (Å²) in [6.45, 7) is 1.97. The molecule has 0 bridgehead atoms. The number of rotatable bonds is 5. The van der Waals surface area contributed by atoms with Gasteiger partial charge in [-0.25, -0.2) is 8.78 Å². The zero-order valence-corrected chi connectivity index (χ0v) is 13.7. The fourth-order valence-corrected chi connectivity index (χ4v) is 3.09. The van der Waals surface area contributed by atoms with E-state index < -0.39 is 11.6 Å². The number of hydrogen-bond donors (Lipinski definition) is 0. The predicted octanol–water partition coefficient (Wildman–Crippen LogP) is 4.94. The second kappa shape index (κ2) is 7.18.